The van der Waals surface area contributed by atoms with E-state index in [-0.39, 0.29) is 24.5 Å². The second kappa shape index (κ2) is 10.1. The van der Waals surface area contributed by atoms with Crippen molar-refractivity contribution in [3.8, 4) is 0 Å². The highest BCUT2D eigenvalue weighted by Crippen LogP contribution is 2.19. The Kier molecular flexibility index (Phi) is 6.59. The molecule has 0 aliphatic carbocycles. The lowest BCUT2D eigenvalue weighted by Gasteiger charge is -2.34. The van der Waals surface area contributed by atoms with E-state index in [4.69, 9.17) is 4.74 Å². The van der Waals surface area contributed by atoms with Crippen molar-refractivity contribution in [2.45, 2.75) is 13.1 Å². The molecule has 7 nitrogen and oxygen atoms in total. The Hall–Kier alpha value is -3.97. The molecule has 0 radical (unpaired) electrons. The maximum atomic E-state index is 12.9. The highest BCUT2D eigenvalue weighted by Gasteiger charge is 2.22. The molecule has 5 rings (SSSR count). The van der Waals surface area contributed by atoms with Gasteiger partial charge in [0.1, 0.15) is 6.54 Å². The zero-order valence-electron chi connectivity index (χ0n) is 19.4. The number of hydrogen-bond acceptors (Lipinski definition) is 5. The Morgan fingerprint density at radius 2 is 1.31 bits per heavy atom. The highest BCUT2D eigenvalue weighted by atomic mass is 16.5. The largest absolute Gasteiger partial charge is 0.454 e. The topological polar surface area (TPSA) is 71.8 Å². The van der Waals surface area contributed by atoms with Crippen LogP contribution in [0, 0.1) is 0 Å². The fourth-order valence-corrected chi connectivity index (χ4v) is 4.65. The number of hydrogen-bond donors (Lipinski definition) is 0. The number of para-hydroxylation sites is 2. The summed E-state index contributed by atoms with van der Waals surface area (Å²) in [5.41, 5.74) is 2.51. The number of ether oxygens (including phenoxy) is 1. The van der Waals surface area contributed by atoms with Gasteiger partial charge >= 0.3 is 5.97 Å². The molecular weight excluding hydrogens is 442 g/mol. The molecule has 1 aromatic heterocycles. The molecule has 1 saturated heterocycles. The van der Waals surface area contributed by atoms with Crippen LogP contribution < -0.4 is 5.43 Å². The summed E-state index contributed by atoms with van der Waals surface area (Å²) in [6.07, 6.45) is 0. The number of fused-ring (bicyclic) bond motifs is 2. The van der Waals surface area contributed by atoms with E-state index in [1.807, 2.05) is 42.5 Å². The maximum absolute atomic E-state index is 12.9. The number of carbonyl (C=O) groups excluding carboxylic acids is 2. The smallest absolute Gasteiger partial charge is 0.326 e. The van der Waals surface area contributed by atoms with Crippen LogP contribution in [0.4, 0.5) is 0 Å². The summed E-state index contributed by atoms with van der Waals surface area (Å²) in [6, 6.07) is 24.7. The van der Waals surface area contributed by atoms with Crippen LogP contribution >= 0.6 is 0 Å². The van der Waals surface area contributed by atoms with Crippen LogP contribution in [0.5, 0.6) is 0 Å². The molecule has 178 valence electrons. The van der Waals surface area contributed by atoms with Crippen LogP contribution in [-0.2, 0) is 27.4 Å². The molecule has 0 spiro atoms. The van der Waals surface area contributed by atoms with Gasteiger partial charge in [-0.15, -0.1) is 0 Å². The number of aromatic nitrogens is 1. The van der Waals surface area contributed by atoms with Crippen LogP contribution in [0.15, 0.2) is 83.7 Å². The molecule has 4 aromatic rings. The minimum atomic E-state index is -0.514. The number of benzene rings is 3. The van der Waals surface area contributed by atoms with Crippen LogP contribution in [0.25, 0.3) is 21.8 Å². The van der Waals surface area contributed by atoms with Gasteiger partial charge in [0.05, 0.1) is 11.0 Å². The van der Waals surface area contributed by atoms with Crippen molar-refractivity contribution in [2.24, 2.45) is 0 Å². The van der Waals surface area contributed by atoms with Gasteiger partial charge in [-0.25, -0.2) is 0 Å². The predicted molar refractivity (Wildman–Crippen MR) is 135 cm³/mol. The van der Waals surface area contributed by atoms with Gasteiger partial charge in [-0.1, -0.05) is 54.6 Å². The number of nitrogens with zero attached hydrogens (tertiary/aromatic N) is 3. The molecule has 0 saturated carbocycles. The van der Waals surface area contributed by atoms with Crippen LogP contribution in [-0.4, -0.2) is 59.0 Å². The summed E-state index contributed by atoms with van der Waals surface area (Å²) in [6.45, 7) is 3.27. The van der Waals surface area contributed by atoms with E-state index in [1.165, 1.54) is 5.56 Å². The molecule has 0 N–H and O–H groups in total. The summed E-state index contributed by atoms with van der Waals surface area (Å²) < 4.78 is 7.15. The number of esters is 1. The van der Waals surface area contributed by atoms with Gasteiger partial charge in [-0.3, -0.25) is 19.3 Å². The molecular formula is C28H27N3O4. The first kappa shape index (κ1) is 22.8. The lowest BCUT2D eigenvalue weighted by molar-refractivity contribution is -0.153. The van der Waals surface area contributed by atoms with Gasteiger partial charge in [0.2, 0.25) is 0 Å². The van der Waals surface area contributed by atoms with Gasteiger partial charge in [-0.2, -0.15) is 0 Å². The molecule has 1 aliphatic heterocycles. The van der Waals surface area contributed by atoms with Crippen molar-refractivity contribution in [3.05, 3.63) is 94.6 Å². The normalized spacial score (nSPS) is 14.3. The van der Waals surface area contributed by atoms with E-state index in [0.717, 1.165) is 19.6 Å². The molecule has 3 aromatic carbocycles. The molecule has 2 heterocycles. The highest BCUT2D eigenvalue weighted by molar-refractivity contribution is 5.94. The maximum Gasteiger partial charge on any atom is 0.326 e. The standard InChI is InChI=1S/C28H27N3O4/c32-26(30-16-14-29(15-17-30)18-21-8-2-1-3-9-21)20-35-27(33)19-31-24-12-6-4-10-22(24)28(34)23-11-5-7-13-25(23)31/h1-13H,14-20H2. The van der Waals surface area contributed by atoms with Crippen molar-refractivity contribution in [2.75, 3.05) is 32.8 Å². The summed E-state index contributed by atoms with van der Waals surface area (Å²) in [5.74, 6) is -0.702. The molecule has 35 heavy (non-hydrogen) atoms. The third kappa shape index (κ3) is 4.95. The molecule has 7 heteroatoms. The van der Waals surface area contributed by atoms with Crippen LogP contribution in [0.1, 0.15) is 5.56 Å². The quantitative estimate of drug-likeness (QED) is 0.321. The lowest BCUT2D eigenvalue weighted by atomic mass is 10.1. The number of rotatable bonds is 6. The molecule has 1 fully saturated rings. The van der Waals surface area contributed by atoms with E-state index >= 15 is 0 Å². The first-order valence-corrected chi connectivity index (χ1v) is 11.8. The van der Waals surface area contributed by atoms with Crippen molar-refractivity contribution < 1.29 is 14.3 Å². The monoisotopic (exact) mass is 469 g/mol. The van der Waals surface area contributed by atoms with E-state index in [0.29, 0.717) is 34.9 Å². The van der Waals surface area contributed by atoms with Crippen molar-refractivity contribution in [1.29, 1.82) is 0 Å². The second-order valence-corrected chi connectivity index (χ2v) is 8.75. The molecule has 1 amide bonds. The second-order valence-electron chi connectivity index (χ2n) is 8.75. The third-order valence-corrected chi connectivity index (χ3v) is 6.50. The first-order chi connectivity index (χ1) is 17.1. The SMILES string of the molecule is O=C(Cn1c2ccccc2c(=O)c2ccccc21)OCC(=O)N1CCN(Cc2ccccc2)CC1. The zero-order chi connectivity index (χ0) is 24.2. The zero-order valence-corrected chi connectivity index (χ0v) is 19.4. The Balaban J connectivity index is 1.20. The predicted octanol–water partition coefficient (Wildman–Crippen LogP) is 3.04. The minimum Gasteiger partial charge on any atom is -0.454 e. The summed E-state index contributed by atoms with van der Waals surface area (Å²) in [5, 5.41) is 1.09. The Bertz CT molecular complexity index is 1360. The van der Waals surface area contributed by atoms with E-state index in [2.05, 4.69) is 17.0 Å². The number of amides is 1. The number of piperazine rings is 1. The van der Waals surface area contributed by atoms with Gasteiger partial charge in [0.25, 0.3) is 5.91 Å². The lowest BCUT2D eigenvalue weighted by Crippen LogP contribution is -2.49. The number of pyridine rings is 1. The Labute approximate surface area is 203 Å². The van der Waals surface area contributed by atoms with Crippen LogP contribution in [0.2, 0.25) is 0 Å². The number of carbonyl (C=O) groups is 2. The van der Waals surface area contributed by atoms with E-state index < -0.39 is 5.97 Å². The van der Waals surface area contributed by atoms with Gasteiger partial charge in [0.15, 0.2) is 12.0 Å². The molecule has 0 bridgehead atoms. The van der Waals surface area contributed by atoms with Gasteiger partial charge < -0.3 is 14.2 Å². The third-order valence-electron chi connectivity index (χ3n) is 6.50. The fraction of sp³-hybridized carbons (Fsp3) is 0.250. The first-order valence-electron chi connectivity index (χ1n) is 11.8. The minimum absolute atomic E-state index is 0.0672. The van der Waals surface area contributed by atoms with Gasteiger partial charge in [0, 0.05) is 43.5 Å². The Morgan fingerprint density at radius 3 is 1.94 bits per heavy atom. The summed E-state index contributed by atoms with van der Waals surface area (Å²) in [7, 11) is 0. The molecule has 1 aliphatic rings. The molecule has 0 atom stereocenters. The van der Waals surface area contributed by atoms with Crippen molar-refractivity contribution in [1.82, 2.24) is 14.4 Å². The van der Waals surface area contributed by atoms with E-state index in [1.54, 1.807) is 33.7 Å². The van der Waals surface area contributed by atoms with Crippen molar-refractivity contribution >= 4 is 33.7 Å². The summed E-state index contributed by atoms with van der Waals surface area (Å²) in [4.78, 5) is 42.3. The van der Waals surface area contributed by atoms with Gasteiger partial charge in [-0.05, 0) is 29.8 Å². The average molecular weight is 470 g/mol. The fourth-order valence-electron chi connectivity index (χ4n) is 4.65. The van der Waals surface area contributed by atoms with Crippen molar-refractivity contribution in [3.63, 3.8) is 0 Å². The van der Waals surface area contributed by atoms with E-state index in [9.17, 15) is 14.4 Å². The molecule has 0 unspecified atom stereocenters. The summed E-state index contributed by atoms with van der Waals surface area (Å²) >= 11 is 0. The average Bonchev–Trinajstić information content (AvgIpc) is 2.91. The van der Waals surface area contributed by atoms with Crippen LogP contribution in [0.3, 0.4) is 0 Å². The Morgan fingerprint density at radius 1 is 0.743 bits per heavy atom.